The van der Waals surface area contributed by atoms with Gasteiger partial charge in [-0.1, -0.05) is 53.0 Å². The van der Waals surface area contributed by atoms with Gasteiger partial charge in [-0.15, -0.1) is 0 Å². The monoisotopic (exact) mass is 494 g/mol. The molecule has 0 bridgehead atoms. The van der Waals surface area contributed by atoms with Crippen molar-refractivity contribution in [3.8, 4) is 11.5 Å². The minimum Gasteiger partial charge on any atom is -0.479 e. The lowest BCUT2D eigenvalue weighted by Crippen LogP contribution is -2.18. The highest BCUT2D eigenvalue weighted by Gasteiger charge is 2.15. The van der Waals surface area contributed by atoms with Gasteiger partial charge >= 0.3 is 5.97 Å². The summed E-state index contributed by atoms with van der Waals surface area (Å²) in [6.45, 7) is 3.79. The molecule has 0 unspecified atom stereocenters. The highest BCUT2D eigenvalue weighted by Crippen LogP contribution is 2.36. The molecule has 2 rings (SSSR count). The number of halogens is 4. The van der Waals surface area contributed by atoms with Gasteiger partial charge in [0.25, 0.3) is 0 Å². The summed E-state index contributed by atoms with van der Waals surface area (Å²) in [7, 11) is 0. The van der Waals surface area contributed by atoms with Crippen molar-refractivity contribution in [1.82, 2.24) is 0 Å². The molecule has 0 aliphatic rings. The van der Waals surface area contributed by atoms with Gasteiger partial charge in [-0.3, -0.25) is 0 Å². The van der Waals surface area contributed by atoms with Gasteiger partial charge in [0.1, 0.15) is 5.75 Å². The molecule has 2 aromatic carbocycles. The smallest absolute Gasteiger partial charge is 0.349 e. The van der Waals surface area contributed by atoms with Crippen LogP contribution in [0.5, 0.6) is 11.5 Å². The first-order valence-corrected chi connectivity index (χ1v) is 9.39. The maximum atomic E-state index is 12.1. The van der Waals surface area contributed by atoms with Crippen LogP contribution in [-0.2, 0) is 4.79 Å². The Bertz CT molecular complexity index is 740. The van der Waals surface area contributed by atoms with E-state index in [1.165, 1.54) is 0 Å². The van der Waals surface area contributed by atoms with E-state index >= 15 is 0 Å². The van der Waals surface area contributed by atoms with Crippen molar-refractivity contribution in [2.24, 2.45) is 0 Å². The summed E-state index contributed by atoms with van der Waals surface area (Å²) in [5.41, 5.74) is 0.934. The Morgan fingerprint density at radius 1 is 1.17 bits per heavy atom. The van der Waals surface area contributed by atoms with Crippen molar-refractivity contribution in [3.05, 3.63) is 54.9 Å². The zero-order valence-electron chi connectivity index (χ0n) is 12.9. The topological polar surface area (TPSA) is 35.5 Å². The Balaban J connectivity index is 2.07. The fraction of sp³-hybridized carbons (Fsp3) is 0.235. The van der Waals surface area contributed by atoms with E-state index in [0.717, 1.165) is 10.0 Å². The van der Waals surface area contributed by atoms with Gasteiger partial charge < -0.3 is 9.47 Å². The van der Waals surface area contributed by atoms with Gasteiger partial charge in [0, 0.05) is 9.50 Å². The van der Waals surface area contributed by atoms with Crippen molar-refractivity contribution >= 4 is 61.0 Å². The number of ether oxygens (including phenoxy) is 2. The molecule has 3 nitrogen and oxygen atoms in total. The summed E-state index contributed by atoms with van der Waals surface area (Å²) < 4.78 is 12.4. The molecule has 0 saturated carbocycles. The maximum Gasteiger partial charge on any atom is 0.349 e. The van der Waals surface area contributed by atoms with E-state index in [1.54, 1.807) is 18.2 Å². The third kappa shape index (κ3) is 5.12. The van der Waals surface area contributed by atoms with E-state index in [-0.39, 0.29) is 12.5 Å². The third-order valence-electron chi connectivity index (χ3n) is 3.12. The Hall–Kier alpha value is -0.750. The second-order valence-electron chi connectivity index (χ2n) is 5.30. The molecule has 24 heavy (non-hydrogen) atoms. The molecular weight excluding hydrogens is 483 g/mol. The SMILES string of the molecule is CC(C)c1cc(Br)ccc1OC(=O)COc1c(Cl)cc(Cl)cc1Br. The van der Waals surface area contributed by atoms with Crippen LogP contribution in [0.15, 0.2) is 39.3 Å². The molecule has 0 heterocycles. The number of benzene rings is 2. The molecule has 0 saturated heterocycles. The summed E-state index contributed by atoms with van der Waals surface area (Å²) >= 11 is 18.7. The maximum absolute atomic E-state index is 12.1. The first-order valence-electron chi connectivity index (χ1n) is 7.05. The van der Waals surface area contributed by atoms with Gasteiger partial charge in [-0.05, 0) is 57.7 Å². The number of rotatable bonds is 5. The lowest BCUT2D eigenvalue weighted by atomic mass is 10.0. The Morgan fingerprint density at radius 2 is 1.88 bits per heavy atom. The minimum absolute atomic E-state index is 0.214. The van der Waals surface area contributed by atoms with Gasteiger partial charge in [0.2, 0.25) is 0 Å². The molecule has 0 aliphatic carbocycles. The molecule has 2 aromatic rings. The van der Waals surface area contributed by atoms with E-state index in [4.69, 9.17) is 32.7 Å². The predicted octanol–water partition coefficient (Wildman–Crippen LogP) is 6.63. The van der Waals surface area contributed by atoms with Crippen LogP contribution in [0.2, 0.25) is 10.0 Å². The Morgan fingerprint density at radius 3 is 2.50 bits per heavy atom. The number of hydrogen-bond donors (Lipinski definition) is 0. The fourth-order valence-electron chi connectivity index (χ4n) is 2.01. The molecular formula is C17H14Br2Cl2O3. The molecule has 0 N–H and O–H groups in total. The second-order valence-corrected chi connectivity index (χ2v) is 7.91. The minimum atomic E-state index is -0.517. The second kappa shape index (κ2) is 8.56. The predicted molar refractivity (Wildman–Crippen MR) is 104 cm³/mol. The van der Waals surface area contributed by atoms with Gasteiger partial charge in [-0.25, -0.2) is 4.79 Å². The van der Waals surface area contributed by atoms with Crippen molar-refractivity contribution in [2.45, 2.75) is 19.8 Å². The van der Waals surface area contributed by atoms with Crippen LogP contribution in [0.25, 0.3) is 0 Å². The normalized spacial score (nSPS) is 10.8. The zero-order chi connectivity index (χ0) is 17.9. The highest BCUT2D eigenvalue weighted by molar-refractivity contribution is 9.10. The molecule has 0 amide bonds. The van der Waals surface area contributed by atoms with Crippen molar-refractivity contribution in [3.63, 3.8) is 0 Å². The van der Waals surface area contributed by atoms with Crippen LogP contribution in [0.4, 0.5) is 0 Å². The fourth-order valence-corrected chi connectivity index (χ4v) is 3.76. The number of esters is 1. The summed E-state index contributed by atoms with van der Waals surface area (Å²) in [5, 5.41) is 0.784. The van der Waals surface area contributed by atoms with E-state index in [1.807, 2.05) is 26.0 Å². The summed E-state index contributed by atoms with van der Waals surface area (Å²) in [6.07, 6.45) is 0. The molecule has 0 spiro atoms. The Kier molecular flexibility index (Phi) is 6.99. The van der Waals surface area contributed by atoms with E-state index < -0.39 is 5.97 Å². The first-order chi connectivity index (χ1) is 11.3. The van der Waals surface area contributed by atoms with Crippen LogP contribution in [0.1, 0.15) is 25.3 Å². The third-order valence-corrected chi connectivity index (χ3v) is 4.70. The van der Waals surface area contributed by atoms with Crippen molar-refractivity contribution < 1.29 is 14.3 Å². The molecule has 0 aromatic heterocycles. The van der Waals surface area contributed by atoms with Crippen molar-refractivity contribution in [2.75, 3.05) is 6.61 Å². The Labute approximate surface area is 167 Å². The molecule has 0 atom stereocenters. The molecule has 0 aliphatic heterocycles. The van der Waals surface area contributed by atoms with E-state index in [9.17, 15) is 4.79 Å². The first kappa shape index (κ1) is 19.6. The lowest BCUT2D eigenvalue weighted by Gasteiger charge is -2.14. The van der Waals surface area contributed by atoms with Crippen LogP contribution in [-0.4, -0.2) is 12.6 Å². The molecule has 0 fully saturated rings. The zero-order valence-corrected chi connectivity index (χ0v) is 17.6. The molecule has 0 radical (unpaired) electrons. The van der Waals surface area contributed by atoms with Crippen LogP contribution < -0.4 is 9.47 Å². The lowest BCUT2D eigenvalue weighted by molar-refractivity contribution is -0.136. The summed E-state index contributed by atoms with van der Waals surface area (Å²) in [4.78, 5) is 12.1. The highest BCUT2D eigenvalue weighted by atomic mass is 79.9. The van der Waals surface area contributed by atoms with Crippen LogP contribution in [0, 0.1) is 0 Å². The number of hydrogen-bond acceptors (Lipinski definition) is 3. The standard InChI is InChI=1S/C17H14Br2Cl2O3/c1-9(2)12-5-10(18)3-4-15(12)24-16(22)8-23-17-13(19)6-11(20)7-14(17)21/h3-7,9H,8H2,1-2H3. The van der Waals surface area contributed by atoms with Gasteiger partial charge in [-0.2, -0.15) is 0 Å². The van der Waals surface area contributed by atoms with E-state index in [0.29, 0.717) is 26.0 Å². The average Bonchev–Trinajstić information content (AvgIpc) is 2.47. The quantitative estimate of drug-likeness (QED) is 0.344. The summed E-state index contributed by atoms with van der Waals surface area (Å²) in [5.74, 6) is 0.559. The molecule has 128 valence electrons. The number of carbonyl (C=O) groups is 1. The van der Waals surface area contributed by atoms with E-state index in [2.05, 4.69) is 31.9 Å². The largest absolute Gasteiger partial charge is 0.479 e. The van der Waals surface area contributed by atoms with Crippen molar-refractivity contribution in [1.29, 1.82) is 0 Å². The van der Waals surface area contributed by atoms with Gasteiger partial charge in [0.15, 0.2) is 12.4 Å². The molecule has 7 heteroatoms. The average molecular weight is 497 g/mol. The van der Waals surface area contributed by atoms with Gasteiger partial charge in [0.05, 0.1) is 9.50 Å². The van der Waals surface area contributed by atoms with Crippen LogP contribution >= 0.6 is 55.1 Å². The number of carbonyl (C=O) groups excluding carboxylic acids is 1. The van der Waals surface area contributed by atoms with Crippen LogP contribution in [0.3, 0.4) is 0 Å². The summed E-state index contributed by atoms with van der Waals surface area (Å²) in [6, 6.07) is 8.69.